The first-order valence-electron chi connectivity index (χ1n) is 7.73. The van der Waals surface area contributed by atoms with Gasteiger partial charge < -0.3 is 20.1 Å². The van der Waals surface area contributed by atoms with Crippen LogP contribution in [0, 0.1) is 0 Å². The SMILES string of the molecule is CC(C)(C)c1ccccc1OCC(O)CN(CCO)CCO. The van der Waals surface area contributed by atoms with E-state index in [1.807, 2.05) is 29.2 Å². The van der Waals surface area contributed by atoms with E-state index >= 15 is 0 Å². The van der Waals surface area contributed by atoms with Gasteiger partial charge in [0.05, 0.1) is 13.2 Å². The van der Waals surface area contributed by atoms with E-state index in [0.29, 0.717) is 19.6 Å². The monoisotopic (exact) mass is 311 g/mol. The van der Waals surface area contributed by atoms with Crippen molar-refractivity contribution in [3.8, 4) is 5.75 Å². The molecule has 0 aliphatic heterocycles. The maximum absolute atomic E-state index is 10.1. The molecule has 0 aromatic heterocycles. The number of aliphatic hydroxyl groups excluding tert-OH is 3. The Kier molecular flexibility index (Phi) is 7.82. The van der Waals surface area contributed by atoms with Crippen molar-refractivity contribution in [1.82, 2.24) is 4.90 Å². The van der Waals surface area contributed by atoms with Crippen LogP contribution in [0.25, 0.3) is 0 Å². The molecule has 22 heavy (non-hydrogen) atoms. The average Bonchev–Trinajstić information content (AvgIpc) is 2.45. The minimum atomic E-state index is -0.675. The first kappa shape index (κ1) is 18.9. The van der Waals surface area contributed by atoms with Crippen molar-refractivity contribution < 1.29 is 20.1 Å². The summed E-state index contributed by atoms with van der Waals surface area (Å²) in [6, 6.07) is 7.84. The Hall–Kier alpha value is -1.14. The second-order valence-corrected chi connectivity index (χ2v) is 6.46. The minimum Gasteiger partial charge on any atom is -0.491 e. The Balaban J connectivity index is 2.59. The van der Waals surface area contributed by atoms with Gasteiger partial charge >= 0.3 is 0 Å². The number of ether oxygens (including phenoxy) is 1. The third kappa shape index (κ3) is 6.32. The number of hydrogen-bond acceptors (Lipinski definition) is 5. The molecule has 1 atom stereocenters. The normalized spacial score (nSPS) is 13.4. The van der Waals surface area contributed by atoms with Gasteiger partial charge in [0.2, 0.25) is 0 Å². The predicted molar refractivity (Wildman–Crippen MR) is 87.3 cm³/mol. The smallest absolute Gasteiger partial charge is 0.123 e. The lowest BCUT2D eigenvalue weighted by atomic mass is 9.86. The highest BCUT2D eigenvalue weighted by molar-refractivity contribution is 5.38. The van der Waals surface area contributed by atoms with E-state index in [2.05, 4.69) is 20.8 Å². The molecule has 1 unspecified atom stereocenters. The third-order valence-corrected chi connectivity index (χ3v) is 3.43. The fourth-order valence-corrected chi connectivity index (χ4v) is 2.33. The molecule has 5 nitrogen and oxygen atoms in total. The lowest BCUT2D eigenvalue weighted by molar-refractivity contribution is 0.0547. The molecule has 0 fully saturated rings. The zero-order valence-electron chi connectivity index (χ0n) is 13.8. The molecule has 0 aliphatic carbocycles. The highest BCUT2D eigenvalue weighted by Gasteiger charge is 2.19. The summed E-state index contributed by atoms with van der Waals surface area (Å²) >= 11 is 0. The average molecular weight is 311 g/mol. The lowest BCUT2D eigenvalue weighted by Gasteiger charge is -2.25. The molecule has 0 saturated carbocycles. The zero-order valence-corrected chi connectivity index (χ0v) is 13.8. The van der Waals surface area contributed by atoms with Crippen molar-refractivity contribution in [2.75, 3.05) is 39.5 Å². The first-order valence-corrected chi connectivity index (χ1v) is 7.73. The molecule has 0 heterocycles. The van der Waals surface area contributed by atoms with E-state index in [-0.39, 0.29) is 25.2 Å². The molecule has 5 heteroatoms. The van der Waals surface area contributed by atoms with Crippen LogP contribution < -0.4 is 4.74 Å². The Morgan fingerprint density at radius 1 is 1.09 bits per heavy atom. The summed E-state index contributed by atoms with van der Waals surface area (Å²) in [5.41, 5.74) is 1.08. The molecule has 0 saturated heterocycles. The summed E-state index contributed by atoms with van der Waals surface area (Å²) < 4.78 is 5.78. The Labute approximate surface area is 133 Å². The molecule has 0 bridgehead atoms. The number of para-hydroxylation sites is 1. The highest BCUT2D eigenvalue weighted by Crippen LogP contribution is 2.30. The molecule has 0 aliphatic rings. The van der Waals surface area contributed by atoms with Crippen LogP contribution in [0.3, 0.4) is 0 Å². The Morgan fingerprint density at radius 2 is 1.68 bits per heavy atom. The fourth-order valence-electron chi connectivity index (χ4n) is 2.33. The van der Waals surface area contributed by atoms with E-state index in [1.54, 1.807) is 0 Å². The lowest BCUT2D eigenvalue weighted by Crippen LogP contribution is -2.39. The van der Waals surface area contributed by atoms with Crippen molar-refractivity contribution in [1.29, 1.82) is 0 Å². The van der Waals surface area contributed by atoms with Crippen LogP contribution in [-0.4, -0.2) is 65.8 Å². The number of aliphatic hydroxyl groups is 3. The van der Waals surface area contributed by atoms with Gasteiger partial charge in [-0.25, -0.2) is 0 Å². The molecule has 0 amide bonds. The second-order valence-electron chi connectivity index (χ2n) is 6.46. The summed E-state index contributed by atoms with van der Waals surface area (Å²) in [5.74, 6) is 0.782. The van der Waals surface area contributed by atoms with Gasteiger partial charge in [-0.15, -0.1) is 0 Å². The van der Waals surface area contributed by atoms with Crippen LogP contribution in [0.4, 0.5) is 0 Å². The maximum atomic E-state index is 10.1. The van der Waals surface area contributed by atoms with Crippen LogP contribution in [0.1, 0.15) is 26.3 Å². The van der Waals surface area contributed by atoms with Gasteiger partial charge in [0.25, 0.3) is 0 Å². The summed E-state index contributed by atoms with van der Waals surface area (Å²) in [4.78, 5) is 1.81. The molecule has 0 radical (unpaired) electrons. The van der Waals surface area contributed by atoms with Crippen LogP contribution in [0.5, 0.6) is 5.75 Å². The van der Waals surface area contributed by atoms with Gasteiger partial charge in [-0.2, -0.15) is 0 Å². The largest absolute Gasteiger partial charge is 0.491 e. The molecule has 126 valence electrons. The van der Waals surface area contributed by atoms with Crippen LogP contribution in [0.2, 0.25) is 0 Å². The van der Waals surface area contributed by atoms with Gasteiger partial charge in [-0.3, -0.25) is 4.90 Å². The molecule has 1 aromatic carbocycles. The van der Waals surface area contributed by atoms with Crippen LogP contribution in [0.15, 0.2) is 24.3 Å². The highest BCUT2D eigenvalue weighted by atomic mass is 16.5. The predicted octanol–water partition coefficient (Wildman–Crippen LogP) is 1.01. The first-order chi connectivity index (χ1) is 10.4. The van der Waals surface area contributed by atoms with Gasteiger partial charge in [-0.1, -0.05) is 39.0 Å². The minimum absolute atomic E-state index is 0.000431. The van der Waals surface area contributed by atoms with Gasteiger partial charge in [0.15, 0.2) is 0 Å². The van der Waals surface area contributed by atoms with E-state index in [0.717, 1.165) is 11.3 Å². The van der Waals surface area contributed by atoms with E-state index in [9.17, 15) is 5.11 Å². The molecule has 0 spiro atoms. The van der Waals surface area contributed by atoms with Gasteiger partial charge in [0, 0.05) is 19.6 Å². The van der Waals surface area contributed by atoms with Crippen LogP contribution >= 0.6 is 0 Å². The van der Waals surface area contributed by atoms with E-state index in [1.165, 1.54) is 0 Å². The summed E-state index contributed by atoms with van der Waals surface area (Å²) in [7, 11) is 0. The van der Waals surface area contributed by atoms with Crippen molar-refractivity contribution in [2.24, 2.45) is 0 Å². The number of hydrogen-bond donors (Lipinski definition) is 3. The number of nitrogens with zero attached hydrogens (tertiary/aromatic N) is 1. The van der Waals surface area contributed by atoms with Gasteiger partial charge in [-0.05, 0) is 17.0 Å². The quantitative estimate of drug-likeness (QED) is 0.635. The fraction of sp³-hybridized carbons (Fsp3) is 0.647. The summed E-state index contributed by atoms with van der Waals surface area (Å²) in [6.45, 7) is 7.76. The maximum Gasteiger partial charge on any atom is 0.123 e. The topological polar surface area (TPSA) is 73.2 Å². The number of benzene rings is 1. The summed E-state index contributed by atoms with van der Waals surface area (Å²) in [5, 5.41) is 28.0. The van der Waals surface area contributed by atoms with Crippen molar-refractivity contribution in [2.45, 2.75) is 32.3 Å². The van der Waals surface area contributed by atoms with Crippen LogP contribution in [-0.2, 0) is 5.41 Å². The molecule has 3 N–H and O–H groups in total. The summed E-state index contributed by atoms with van der Waals surface area (Å²) in [6.07, 6.45) is -0.675. The van der Waals surface area contributed by atoms with Gasteiger partial charge in [0.1, 0.15) is 18.5 Å². The molecular weight excluding hydrogens is 282 g/mol. The third-order valence-electron chi connectivity index (χ3n) is 3.43. The molecule has 1 rings (SSSR count). The number of rotatable bonds is 9. The van der Waals surface area contributed by atoms with Crippen molar-refractivity contribution >= 4 is 0 Å². The standard InChI is InChI=1S/C17H29NO4/c1-17(2,3)15-6-4-5-7-16(15)22-13-14(21)12-18(8-10-19)9-11-20/h4-7,14,19-21H,8-13H2,1-3H3. The molecule has 1 aromatic rings. The molecular formula is C17H29NO4. The van der Waals surface area contributed by atoms with Crippen molar-refractivity contribution in [3.05, 3.63) is 29.8 Å². The van der Waals surface area contributed by atoms with Crippen molar-refractivity contribution in [3.63, 3.8) is 0 Å². The zero-order chi connectivity index (χ0) is 16.6. The Bertz CT molecular complexity index is 425. The van der Waals surface area contributed by atoms with E-state index < -0.39 is 6.10 Å². The second kappa shape index (κ2) is 9.10. The Morgan fingerprint density at radius 3 is 2.23 bits per heavy atom. The van der Waals surface area contributed by atoms with E-state index in [4.69, 9.17) is 14.9 Å².